The predicted octanol–water partition coefficient (Wildman–Crippen LogP) is 3.58. The second kappa shape index (κ2) is 6.10. The Morgan fingerprint density at radius 2 is 1.64 bits per heavy atom. The molecular formula is C18H15N3O. The molecule has 0 spiro atoms. The van der Waals surface area contributed by atoms with Crippen molar-refractivity contribution in [2.75, 3.05) is 11.1 Å². The lowest BCUT2D eigenvalue weighted by molar-refractivity contribution is 0.102. The van der Waals surface area contributed by atoms with E-state index >= 15 is 0 Å². The maximum Gasteiger partial charge on any atom is 0.256 e. The van der Waals surface area contributed by atoms with Gasteiger partial charge in [-0.25, -0.2) is 4.98 Å². The zero-order chi connectivity index (χ0) is 15.4. The molecule has 1 aromatic heterocycles. The molecular weight excluding hydrogens is 274 g/mol. The van der Waals surface area contributed by atoms with Crippen molar-refractivity contribution in [1.82, 2.24) is 4.98 Å². The molecule has 2 aromatic carbocycles. The lowest BCUT2D eigenvalue weighted by atomic mass is 10.1. The maximum atomic E-state index is 12.2. The Labute approximate surface area is 128 Å². The monoisotopic (exact) mass is 289 g/mol. The van der Waals surface area contributed by atoms with E-state index in [0.29, 0.717) is 17.1 Å². The standard InChI is InChI=1S/C18H15N3O/c19-16-8-6-14(7-9-16)18(22)21-17-12-15(10-11-20-17)13-4-2-1-3-5-13/h1-12H,19H2,(H,20,21,22). The van der Waals surface area contributed by atoms with E-state index in [9.17, 15) is 4.79 Å². The van der Waals surface area contributed by atoms with Crippen molar-refractivity contribution in [2.45, 2.75) is 0 Å². The normalized spacial score (nSPS) is 10.2. The summed E-state index contributed by atoms with van der Waals surface area (Å²) >= 11 is 0. The molecule has 3 aromatic rings. The van der Waals surface area contributed by atoms with Gasteiger partial charge in [0.2, 0.25) is 0 Å². The van der Waals surface area contributed by atoms with Crippen LogP contribution in [0.3, 0.4) is 0 Å². The largest absolute Gasteiger partial charge is 0.399 e. The smallest absolute Gasteiger partial charge is 0.256 e. The third kappa shape index (κ3) is 3.12. The highest BCUT2D eigenvalue weighted by Gasteiger charge is 2.07. The second-order valence-corrected chi connectivity index (χ2v) is 4.87. The molecule has 0 aliphatic rings. The first kappa shape index (κ1) is 13.8. The Balaban J connectivity index is 1.81. The number of rotatable bonds is 3. The molecule has 0 saturated carbocycles. The number of carbonyl (C=O) groups excluding carboxylic acids is 1. The fourth-order valence-corrected chi connectivity index (χ4v) is 2.13. The van der Waals surface area contributed by atoms with E-state index in [4.69, 9.17) is 5.73 Å². The van der Waals surface area contributed by atoms with Gasteiger partial charge in [0.1, 0.15) is 5.82 Å². The summed E-state index contributed by atoms with van der Waals surface area (Å²) in [4.78, 5) is 16.4. The number of hydrogen-bond donors (Lipinski definition) is 2. The van der Waals surface area contributed by atoms with Crippen molar-refractivity contribution in [1.29, 1.82) is 0 Å². The summed E-state index contributed by atoms with van der Waals surface area (Å²) in [5.41, 5.74) is 8.87. The Kier molecular flexibility index (Phi) is 3.83. The molecule has 3 N–H and O–H groups in total. The molecule has 1 amide bonds. The molecule has 22 heavy (non-hydrogen) atoms. The molecule has 0 atom stereocenters. The third-order valence-corrected chi connectivity index (χ3v) is 3.28. The van der Waals surface area contributed by atoms with Gasteiger partial charge >= 0.3 is 0 Å². The highest BCUT2D eigenvalue weighted by atomic mass is 16.1. The average molecular weight is 289 g/mol. The first-order valence-corrected chi connectivity index (χ1v) is 6.91. The molecule has 108 valence electrons. The van der Waals surface area contributed by atoms with Gasteiger partial charge in [-0.15, -0.1) is 0 Å². The molecule has 0 bridgehead atoms. The first-order valence-electron chi connectivity index (χ1n) is 6.91. The van der Waals surface area contributed by atoms with Crippen LogP contribution in [0.15, 0.2) is 72.9 Å². The van der Waals surface area contributed by atoms with E-state index in [1.165, 1.54) is 0 Å². The molecule has 0 aliphatic heterocycles. The number of benzene rings is 2. The van der Waals surface area contributed by atoms with E-state index in [0.717, 1.165) is 11.1 Å². The molecule has 0 aliphatic carbocycles. The van der Waals surface area contributed by atoms with Crippen molar-refractivity contribution in [2.24, 2.45) is 0 Å². The molecule has 3 rings (SSSR count). The number of nitrogens with zero attached hydrogens (tertiary/aromatic N) is 1. The molecule has 1 heterocycles. The molecule has 0 radical (unpaired) electrons. The van der Waals surface area contributed by atoms with Gasteiger partial charge in [-0.05, 0) is 47.5 Å². The number of anilines is 2. The van der Waals surface area contributed by atoms with Crippen molar-refractivity contribution < 1.29 is 4.79 Å². The topological polar surface area (TPSA) is 68.0 Å². The van der Waals surface area contributed by atoms with Crippen LogP contribution in [0, 0.1) is 0 Å². The molecule has 4 heteroatoms. The summed E-state index contributed by atoms with van der Waals surface area (Å²) in [5.74, 6) is 0.306. The van der Waals surface area contributed by atoms with Gasteiger partial charge in [-0.1, -0.05) is 30.3 Å². The molecule has 0 unspecified atom stereocenters. The molecule has 0 saturated heterocycles. The van der Waals surface area contributed by atoms with Crippen LogP contribution in [0.5, 0.6) is 0 Å². The minimum atomic E-state index is -0.210. The summed E-state index contributed by atoms with van der Waals surface area (Å²) in [6.07, 6.45) is 1.68. The van der Waals surface area contributed by atoms with E-state index in [1.807, 2.05) is 42.5 Å². The van der Waals surface area contributed by atoms with Gasteiger partial charge in [0.15, 0.2) is 0 Å². The van der Waals surface area contributed by atoms with Crippen LogP contribution in [0.4, 0.5) is 11.5 Å². The van der Waals surface area contributed by atoms with Crippen molar-refractivity contribution in [3.63, 3.8) is 0 Å². The van der Waals surface area contributed by atoms with E-state index in [2.05, 4.69) is 10.3 Å². The fraction of sp³-hybridized carbons (Fsp3) is 0. The Morgan fingerprint density at radius 3 is 2.36 bits per heavy atom. The van der Waals surface area contributed by atoms with Crippen LogP contribution in [0.1, 0.15) is 10.4 Å². The van der Waals surface area contributed by atoms with Crippen LogP contribution >= 0.6 is 0 Å². The summed E-state index contributed by atoms with van der Waals surface area (Å²) in [5, 5.41) is 2.80. The zero-order valence-corrected chi connectivity index (χ0v) is 11.9. The quantitative estimate of drug-likeness (QED) is 0.724. The van der Waals surface area contributed by atoms with Crippen LogP contribution in [-0.2, 0) is 0 Å². The number of pyridine rings is 1. The lowest BCUT2D eigenvalue weighted by Crippen LogP contribution is -2.12. The SMILES string of the molecule is Nc1ccc(C(=O)Nc2cc(-c3ccccc3)ccn2)cc1. The third-order valence-electron chi connectivity index (χ3n) is 3.28. The first-order chi connectivity index (χ1) is 10.7. The number of carbonyl (C=O) groups is 1. The Bertz CT molecular complexity index is 783. The maximum absolute atomic E-state index is 12.2. The van der Waals surface area contributed by atoms with Crippen molar-refractivity contribution in [3.05, 3.63) is 78.5 Å². The van der Waals surface area contributed by atoms with Gasteiger partial charge < -0.3 is 11.1 Å². The summed E-state index contributed by atoms with van der Waals surface area (Å²) in [7, 11) is 0. The van der Waals surface area contributed by atoms with Gasteiger partial charge in [0.25, 0.3) is 5.91 Å². The Morgan fingerprint density at radius 1 is 0.909 bits per heavy atom. The minimum absolute atomic E-state index is 0.210. The van der Waals surface area contributed by atoms with Crippen LogP contribution in [0.25, 0.3) is 11.1 Å². The minimum Gasteiger partial charge on any atom is -0.399 e. The van der Waals surface area contributed by atoms with Gasteiger partial charge in [0.05, 0.1) is 0 Å². The van der Waals surface area contributed by atoms with Gasteiger partial charge in [-0.2, -0.15) is 0 Å². The van der Waals surface area contributed by atoms with E-state index in [1.54, 1.807) is 30.5 Å². The highest BCUT2D eigenvalue weighted by Crippen LogP contribution is 2.21. The number of amides is 1. The number of aromatic nitrogens is 1. The van der Waals surface area contributed by atoms with Crippen molar-refractivity contribution >= 4 is 17.4 Å². The molecule has 4 nitrogen and oxygen atoms in total. The zero-order valence-electron chi connectivity index (χ0n) is 11.9. The predicted molar refractivity (Wildman–Crippen MR) is 88.5 cm³/mol. The Hall–Kier alpha value is -3.14. The fourth-order valence-electron chi connectivity index (χ4n) is 2.13. The number of nitrogen functional groups attached to an aromatic ring is 1. The van der Waals surface area contributed by atoms with Crippen LogP contribution in [-0.4, -0.2) is 10.9 Å². The number of nitrogens with one attached hydrogen (secondary N) is 1. The highest BCUT2D eigenvalue weighted by molar-refractivity contribution is 6.04. The van der Waals surface area contributed by atoms with Crippen LogP contribution < -0.4 is 11.1 Å². The summed E-state index contributed by atoms with van der Waals surface area (Å²) < 4.78 is 0. The van der Waals surface area contributed by atoms with Crippen molar-refractivity contribution in [3.8, 4) is 11.1 Å². The van der Waals surface area contributed by atoms with E-state index < -0.39 is 0 Å². The lowest BCUT2D eigenvalue weighted by Gasteiger charge is -2.07. The number of hydrogen-bond acceptors (Lipinski definition) is 3. The number of nitrogens with two attached hydrogens (primary N) is 1. The average Bonchev–Trinajstić information content (AvgIpc) is 2.56. The van der Waals surface area contributed by atoms with Gasteiger partial charge in [-0.3, -0.25) is 4.79 Å². The molecule has 0 fully saturated rings. The summed E-state index contributed by atoms with van der Waals surface area (Å²) in [6.45, 7) is 0. The van der Waals surface area contributed by atoms with Crippen LogP contribution in [0.2, 0.25) is 0 Å². The van der Waals surface area contributed by atoms with Gasteiger partial charge in [0, 0.05) is 17.4 Å². The van der Waals surface area contributed by atoms with E-state index in [-0.39, 0.29) is 5.91 Å². The summed E-state index contributed by atoms with van der Waals surface area (Å²) in [6, 6.07) is 20.5. The second-order valence-electron chi connectivity index (χ2n) is 4.87.